The van der Waals surface area contributed by atoms with Gasteiger partial charge in [-0.25, -0.2) is 4.98 Å². The SMILES string of the molecule is c1cc(CNC2CC2)nc(N2CCC3CCCCC3C2)c1. The molecule has 1 saturated heterocycles. The highest BCUT2D eigenvalue weighted by Gasteiger charge is 2.31. The first-order valence-corrected chi connectivity index (χ1v) is 8.83. The van der Waals surface area contributed by atoms with E-state index >= 15 is 0 Å². The molecule has 3 heteroatoms. The number of piperidine rings is 1. The number of nitrogens with one attached hydrogen (secondary N) is 1. The Hall–Kier alpha value is -1.09. The van der Waals surface area contributed by atoms with E-state index in [1.165, 1.54) is 69.5 Å². The molecule has 0 spiro atoms. The van der Waals surface area contributed by atoms with Gasteiger partial charge < -0.3 is 10.2 Å². The zero-order valence-corrected chi connectivity index (χ0v) is 12.9. The summed E-state index contributed by atoms with van der Waals surface area (Å²) in [6, 6.07) is 7.29. The van der Waals surface area contributed by atoms with Crippen molar-refractivity contribution in [1.82, 2.24) is 10.3 Å². The second-order valence-corrected chi connectivity index (χ2v) is 7.18. The maximum Gasteiger partial charge on any atom is 0.128 e. The third-order valence-corrected chi connectivity index (χ3v) is 5.56. The van der Waals surface area contributed by atoms with Gasteiger partial charge in [-0.1, -0.05) is 25.3 Å². The quantitative estimate of drug-likeness (QED) is 0.919. The fourth-order valence-corrected chi connectivity index (χ4v) is 4.09. The van der Waals surface area contributed by atoms with Gasteiger partial charge in [0.2, 0.25) is 0 Å². The Labute approximate surface area is 128 Å². The molecule has 1 aliphatic heterocycles. The lowest BCUT2D eigenvalue weighted by molar-refractivity contribution is 0.202. The number of fused-ring (bicyclic) bond motifs is 1. The van der Waals surface area contributed by atoms with Crippen LogP contribution in [0.2, 0.25) is 0 Å². The van der Waals surface area contributed by atoms with Gasteiger partial charge in [-0.2, -0.15) is 0 Å². The Bertz CT molecular complexity index is 483. The third-order valence-electron chi connectivity index (χ3n) is 5.56. The first-order valence-electron chi connectivity index (χ1n) is 8.83. The van der Waals surface area contributed by atoms with Crippen molar-refractivity contribution in [3.63, 3.8) is 0 Å². The van der Waals surface area contributed by atoms with E-state index in [0.717, 1.165) is 24.4 Å². The average molecular weight is 285 g/mol. The van der Waals surface area contributed by atoms with E-state index in [4.69, 9.17) is 4.98 Å². The standard InChI is InChI=1S/C18H27N3/c1-2-5-15-13-21(11-10-14(15)4-1)18-7-3-6-17(20-18)12-19-16-8-9-16/h3,6-7,14-16,19H,1-2,4-5,8-13H2. The molecule has 0 amide bonds. The number of nitrogens with zero attached hydrogens (tertiary/aromatic N) is 2. The van der Waals surface area contributed by atoms with Crippen LogP contribution in [0.1, 0.15) is 50.6 Å². The van der Waals surface area contributed by atoms with Crippen LogP contribution >= 0.6 is 0 Å². The van der Waals surface area contributed by atoms with Gasteiger partial charge in [0.05, 0.1) is 5.69 Å². The van der Waals surface area contributed by atoms with Crippen molar-refractivity contribution in [3.8, 4) is 0 Å². The van der Waals surface area contributed by atoms with Gasteiger partial charge in [0.1, 0.15) is 5.82 Å². The number of hydrogen-bond acceptors (Lipinski definition) is 3. The second-order valence-electron chi connectivity index (χ2n) is 7.18. The van der Waals surface area contributed by atoms with Gasteiger partial charge in [-0.15, -0.1) is 0 Å². The van der Waals surface area contributed by atoms with E-state index in [2.05, 4.69) is 28.4 Å². The lowest BCUT2D eigenvalue weighted by Crippen LogP contribution is -2.42. The molecule has 0 bridgehead atoms. The van der Waals surface area contributed by atoms with E-state index in [1.807, 2.05) is 0 Å². The predicted octanol–water partition coefficient (Wildman–Crippen LogP) is 3.35. The molecule has 3 aliphatic rings. The molecule has 2 heterocycles. The highest BCUT2D eigenvalue weighted by molar-refractivity contribution is 5.40. The fraction of sp³-hybridized carbons (Fsp3) is 0.722. The summed E-state index contributed by atoms with van der Waals surface area (Å²) >= 11 is 0. The van der Waals surface area contributed by atoms with Crippen molar-refractivity contribution in [2.75, 3.05) is 18.0 Å². The van der Waals surface area contributed by atoms with E-state index in [1.54, 1.807) is 0 Å². The third kappa shape index (κ3) is 3.23. The lowest BCUT2D eigenvalue weighted by Gasteiger charge is -2.41. The highest BCUT2D eigenvalue weighted by Crippen LogP contribution is 2.37. The number of rotatable bonds is 4. The summed E-state index contributed by atoms with van der Waals surface area (Å²) in [7, 11) is 0. The minimum Gasteiger partial charge on any atom is -0.356 e. The molecule has 2 unspecified atom stereocenters. The monoisotopic (exact) mass is 285 g/mol. The van der Waals surface area contributed by atoms with Crippen LogP contribution in [0.5, 0.6) is 0 Å². The molecule has 2 atom stereocenters. The van der Waals surface area contributed by atoms with Crippen molar-refractivity contribution in [2.45, 2.75) is 57.5 Å². The largest absolute Gasteiger partial charge is 0.356 e. The average Bonchev–Trinajstić information content (AvgIpc) is 3.37. The summed E-state index contributed by atoms with van der Waals surface area (Å²) in [4.78, 5) is 7.43. The Kier molecular flexibility index (Phi) is 3.85. The molecular weight excluding hydrogens is 258 g/mol. The Morgan fingerprint density at radius 3 is 2.76 bits per heavy atom. The molecule has 114 valence electrons. The van der Waals surface area contributed by atoms with Gasteiger partial charge in [0, 0.05) is 25.7 Å². The first-order chi connectivity index (χ1) is 10.4. The van der Waals surface area contributed by atoms with E-state index in [0.29, 0.717) is 0 Å². The Balaban J connectivity index is 1.41. The minimum absolute atomic E-state index is 0.758. The molecule has 2 saturated carbocycles. The van der Waals surface area contributed by atoms with E-state index in [9.17, 15) is 0 Å². The van der Waals surface area contributed by atoms with Crippen molar-refractivity contribution in [2.24, 2.45) is 11.8 Å². The smallest absolute Gasteiger partial charge is 0.128 e. The van der Waals surface area contributed by atoms with Crippen LogP contribution in [0.25, 0.3) is 0 Å². The van der Waals surface area contributed by atoms with E-state index in [-0.39, 0.29) is 0 Å². The van der Waals surface area contributed by atoms with Gasteiger partial charge in [-0.05, 0) is 49.7 Å². The van der Waals surface area contributed by atoms with Crippen LogP contribution in [-0.2, 0) is 6.54 Å². The predicted molar refractivity (Wildman–Crippen MR) is 86.4 cm³/mol. The zero-order valence-electron chi connectivity index (χ0n) is 12.9. The van der Waals surface area contributed by atoms with Crippen LogP contribution < -0.4 is 10.2 Å². The van der Waals surface area contributed by atoms with Crippen molar-refractivity contribution in [1.29, 1.82) is 0 Å². The highest BCUT2D eigenvalue weighted by atomic mass is 15.2. The molecule has 21 heavy (non-hydrogen) atoms. The Morgan fingerprint density at radius 1 is 1.05 bits per heavy atom. The topological polar surface area (TPSA) is 28.2 Å². The molecule has 1 aromatic heterocycles. The zero-order chi connectivity index (χ0) is 14.1. The van der Waals surface area contributed by atoms with E-state index < -0.39 is 0 Å². The molecule has 3 nitrogen and oxygen atoms in total. The van der Waals surface area contributed by atoms with Crippen LogP contribution in [0.15, 0.2) is 18.2 Å². The number of anilines is 1. The maximum atomic E-state index is 4.90. The minimum atomic E-state index is 0.758. The van der Waals surface area contributed by atoms with Gasteiger partial charge in [0.15, 0.2) is 0 Å². The number of hydrogen-bond donors (Lipinski definition) is 1. The van der Waals surface area contributed by atoms with Crippen molar-refractivity contribution >= 4 is 5.82 Å². The van der Waals surface area contributed by atoms with Crippen LogP contribution in [0.4, 0.5) is 5.82 Å². The molecule has 0 aromatic carbocycles. The van der Waals surface area contributed by atoms with Gasteiger partial charge in [-0.3, -0.25) is 0 Å². The maximum absolute atomic E-state index is 4.90. The molecule has 2 aliphatic carbocycles. The lowest BCUT2D eigenvalue weighted by atomic mass is 9.75. The van der Waals surface area contributed by atoms with Gasteiger partial charge in [0.25, 0.3) is 0 Å². The molecule has 3 fully saturated rings. The normalized spacial score (nSPS) is 29.2. The molecule has 1 aromatic rings. The summed E-state index contributed by atoms with van der Waals surface area (Å²) in [5.41, 5.74) is 1.20. The number of aromatic nitrogens is 1. The van der Waals surface area contributed by atoms with Crippen LogP contribution in [-0.4, -0.2) is 24.1 Å². The summed E-state index contributed by atoms with van der Waals surface area (Å²) in [6.45, 7) is 3.36. The summed E-state index contributed by atoms with van der Waals surface area (Å²) in [6.07, 6.45) is 9.86. The summed E-state index contributed by atoms with van der Waals surface area (Å²) in [5, 5.41) is 3.57. The fourth-order valence-electron chi connectivity index (χ4n) is 4.09. The van der Waals surface area contributed by atoms with Crippen LogP contribution in [0, 0.1) is 11.8 Å². The molecule has 4 rings (SSSR count). The van der Waals surface area contributed by atoms with Crippen LogP contribution in [0.3, 0.4) is 0 Å². The molecule has 0 radical (unpaired) electrons. The summed E-state index contributed by atoms with van der Waals surface area (Å²) in [5.74, 6) is 3.12. The van der Waals surface area contributed by atoms with Crippen molar-refractivity contribution in [3.05, 3.63) is 23.9 Å². The molecule has 1 N–H and O–H groups in total. The van der Waals surface area contributed by atoms with Gasteiger partial charge >= 0.3 is 0 Å². The molecular formula is C18H27N3. The summed E-state index contributed by atoms with van der Waals surface area (Å²) < 4.78 is 0. The number of pyridine rings is 1. The Morgan fingerprint density at radius 2 is 1.90 bits per heavy atom. The van der Waals surface area contributed by atoms with Crippen molar-refractivity contribution < 1.29 is 0 Å². The first kappa shape index (κ1) is 13.6. The second kappa shape index (κ2) is 5.96.